The van der Waals surface area contributed by atoms with Gasteiger partial charge in [0.15, 0.2) is 0 Å². The third kappa shape index (κ3) is 1.81. The molecular weight excluding hydrogens is 204 g/mol. The summed E-state index contributed by atoms with van der Waals surface area (Å²) in [6.45, 7) is 6.89. The zero-order valence-corrected chi connectivity index (χ0v) is 9.67. The van der Waals surface area contributed by atoms with Gasteiger partial charge in [-0.15, -0.1) is 0 Å². The van der Waals surface area contributed by atoms with Crippen LogP contribution in [0.15, 0.2) is 16.9 Å². The molecule has 16 heavy (non-hydrogen) atoms. The molecule has 2 aliphatic heterocycles. The summed E-state index contributed by atoms with van der Waals surface area (Å²) in [5, 5.41) is 0. The molecule has 5 nitrogen and oxygen atoms in total. The monoisotopic (exact) mass is 222 g/mol. The van der Waals surface area contributed by atoms with E-state index in [0.717, 1.165) is 19.1 Å². The zero-order valence-electron chi connectivity index (χ0n) is 9.67. The van der Waals surface area contributed by atoms with Gasteiger partial charge in [0.1, 0.15) is 6.26 Å². The van der Waals surface area contributed by atoms with E-state index in [0.29, 0.717) is 6.04 Å². The predicted octanol–water partition coefficient (Wildman–Crippen LogP) is 0.111. The molecule has 0 N–H and O–H groups in total. The van der Waals surface area contributed by atoms with Crippen LogP contribution in [0.2, 0.25) is 0 Å². The molecular formula is C11H18N4O. The van der Waals surface area contributed by atoms with Gasteiger partial charge in [-0.3, -0.25) is 4.90 Å². The van der Waals surface area contributed by atoms with Gasteiger partial charge in [-0.2, -0.15) is 0 Å². The molecule has 1 aromatic heterocycles. The first-order chi connectivity index (χ1) is 7.83. The fourth-order valence-electron chi connectivity index (χ4n) is 2.40. The van der Waals surface area contributed by atoms with Gasteiger partial charge in [-0.1, -0.05) is 0 Å². The highest BCUT2D eigenvalue weighted by molar-refractivity contribution is 5.31. The minimum atomic E-state index is 0.695. The fourth-order valence-corrected chi connectivity index (χ4v) is 2.40. The average molecular weight is 222 g/mol. The Balaban J connectivity index is 1.50. The van der Waals surface area contributed by atoms with Crippen molar-refractivity contribution in [1.29, 1.82) is 0 Å². The lowest BCUT2D eigenvalue weighted by Gasteiger charge is -2.47. The zero-order chi connectivity index (χ0) is 11.0. The highest BCUT2D eigenvalue weighted by atomic mass is 16.4. The lowest BCUT2D eigenvalue weighted by Crippen LogP contribution is -2.63. The van der Waals surface area contributed by atoms with Crippen molar-refractivity contribution in [2.75, 3.05) is 51.2 Å². The molecule has 0 saturated carbocycles. The van der Waals surface area contributed by atoms with Crippen LogP contribution in [0.4, 0.5) is 6.01 Å². The summed E-state index contributed by atoms with van der Waals surface area (Å²) in [5.41, 5.74) is 0. The van der Waals surface area contributed by atoms with Crippen molar-refractivity contribution in [2.45, 2.75) is 6.04 Å². The highest BCUT2D eigenvalue weighted by Gasteiger charge is 2.34. The number of hydrogen-bond donors (Lipinski definition) is 0. The second-order valence-corrected chi connectivity index (χ2v) is 4.71. The molecule has 0 bridgehead atoms. The molecule has 2 aliphatic rings. The van der Waals surface area contributed by atoms with E-state index in [2.05, 4.69) is 26.7 Å². The Kier molecular flexibility index (Phi) is 2.57. The lowest BCUT2D eigenvalue weighted by atomic mass is 10.1. The maximum Gasteiger partial charge on any atom is 0.297 e. The van der Waals surface area contributed by atoms with Crippen LogP contribution in [-0.2, 0) is 0 Å². The van der Waals surface area contributed by atoms with Gasteiger partial charge in [-0.25, -0.2) is 4.98 Å². The number of nitrogens with zero attached hydrogens (tertiary/aromatic N) is 4. The number of oxazole rings is 1. The number of likely N-dealkylation sites (N-methyl/N-ethyl adjacent to an activating group) is 1. The molecule has 0 spiro atoms. The summed E-state index contributed by atoms with van der Waals surface area (Å²) >= 11 is 0. The Morgan fingerprint density at radius 3 is 2.62 bits per heavy atom. The van der Waals surface area contributed by atoms with Gasteiger partial charge in [0.2, 0.25) is 0 Å². The first-order valence-electron chi connectivity index (χ1n) is 5.90. The maximum atomic E-state index is 5.28. The van der Waals surface area contributed by atoms with Crippen LogP contribution in [-0.4, -0.2) is 67.1 Å². The number of rotatable bonds is 2. The molecule has 0 unspecified atom stereocenters. The molecule has 88 valence electrons. The van der Waals surface area contributed by atoms with Gasteiger partial charge in [0.25, 0.3) is 6.01 Å². The van der Waals surface area contributed by atoms with Crippen molar-refractivity contribution >= 4 is 6.01 Å². The Labute approximate surface area is 95.6 Å². The molecule has 2 saturated heterocycles. The topological polar surface area (TPSA) is 35.8 Å². The Morgan fingerprint density at radius 2 is 2.00 bits per heavy atom. The second-order valence-electron chi connectivity index (χ2n) is 4.71. The van der Waals surface area contributed by atoms with E-state index in [-0.39, 0.29) is 0 Å². The van der Waals surface area contributed by atoms with Crippen LogP contribution in [0.5, 0.6) is 0 Å². The minimum Gasteiger partial charge on any atom is -0.432 e. The van der Waals surface area contributed by atoms with Gasteiger partial charge in [0.05, 0.1) is 6.20 Å². The fraction of sp³-hybridized carbons (Fsp3) is 0.727. The minimum absolute atomic E-state index is 0.695. The summed E-state index contributed by atoms with van der Waals surface area (Å²) < 4.78 is 5.28. The van der Waals surface area contributed by atoms with Gasteiger partial charge >= 0.3 is 0 Å². The van der Waals surface area contributed by atoms with Crippen molar-refractivity contribution in [1.82, 2.24) is 14.8 Å². The highest BCUT2D eigenvalue weighted by Crippen LogP contribution is 2.22. The smallest absolute Gasteiger partial charge is 0.297 e. The Hall–Kier alpha value is -1.07. The molecule has 3 rings (SSSR count). The van der Waals surface area contributed by atoms with Gasteiger partial charge in [0, 0.05) is 45.3 Å². The van der Waals surface area contributed by atoms with Crippen molar-refractivity contribution < 1.29 is 4.42 Å². The van der Waals surface area contributed by atoms with Crippen molar-refractivity contribution in [2.24, 2.45) is 0 Å². The summed E-state index contributed by atoms with van der Waals surface area (Å²) in [5.74, 6) is 0. The number of anilines is 1. The van der Waals surface area contributed by atoms with E-state index in [1.165, 1.54) is 26.2 Å². The number of hydrogen-bond acceptors (Lipinski definition) is 5. The Bertz CT molecular complexity index is 326. The van der Waals surface area contributed by atoms with Crippen molar-refractivity contribution in [3.8, 4) is 0 Å². The van der Waals surface area contributed by atoms with Crippen LogP contribution in [0.1, 0.15) is 0 Å². The van der Waals surface area contributed by atoms with E-state index >= 15 is 0 Å². The van der Waals surface area contributed by atoms with E-state index in [4.69, 9.17) is 4.42 Å². The quantitative estimate of drug-likeness (QED) is 0.710. The number of piperazine rings is 1. The van der Waals surface area contributed by atoms with E-state index in [9.17, 15) is 0 Å². The molecule has 1 aromatic rings. The Morgan fingerprint density at radius 1 is 1.25 bits per heavy atom. The lowest BCUT2D eigenvalue weighted by molar-refractivity contribution is 0.0944. The summed E-state index contributed by atoms with van der Waals surface area (Å²) in [6.07, 6.45) is 3.34. The van der Waals surface area contributed by atoms with Crippen LogP contribution in [0.3, 0.4) is 0 Å². The van der Waals surface area contributed by atoms with Crippen LogP contribution < -0.4 is 4.90 Å². The van der Waals surface area contributed by atoms with Crippen molar-refractivity contribution in [3.05, 3.63) is 12.5 Å². The molecule has 0 amide bonds. The first-order valence-corrected chi connectivity index (χ1v) is 5.90. The van der Waals surface area contributed by atoms with Gasteiger partial charge in [-0.05, 0) is 7.05 Å². The normalized spacial score (nSPS) is 24.7. The molecule has 3 heterocycles. The van der Waals surface area contributed by atoms with E-state index in [1.54, 1.807) is 12.5 Å². The second kappa shape index (κ2) is 4.07. The summed E-state index contributed by atoms with van der Waals surface area (Å²) in [4.78, 5) is 11.3. The molecule has 5 heteroatoms. The molecule has 0 atom stereocenters. The maximum absolute atomic E-state index is 5.28. The van der Waals surface area contributed by atoms with Crippen LogP contribution >= 0.6 is 0 Å². The van der Waals surface area contributed by atoms with Crippen LogP contribution in [0.25, 0.3) is 0 Å². The van der Waals surface area contributed by atoms with Crippen molar-refractivity contribution in [3.63, 3.8) is 0 Å². The molecule has 2 fully saturated rings. The van der Waals surface area contributed by atoms with Crippen LogP contribution in [0, 0.1) is 0 Å². The standard InChI is InChI=1S/C11H18N4O/c1-13-3-5-14(6-4-13)10-8-15(9-10)11-12-2-7-16-11/h2,7,10H,3-6,8-9H2,1H3. The van der Waals surface area contributed by atoms with E-state index in [1.807, 2.05) is 0 Å². The van der Waals surface area contributed by atoms with E-state index < -0.39 is 0 Å². The average Bonchev–Trinajstić information content (AvgIpc) is 2.72. The third-order valence-electron chi connectivity index (χ3n) is 3.61. The summed E-state index contributed by atoms with van der Waals surface area (Å²) in [7, 11) is 2.19. The third-order valence-corrected chi connectivity index (χ3v) is 3.61. The van der Waals surface area contributed by atoms with Gasteiger partial charge < -0.3 is 14.2 Å². The molecule has 0 aliphatic carbocycles. The largest absolute Gasteiger partial charge is 0.432 e. The summed E-state index contributed by atoms with van der Waals surface area (Å²) in [6, 6.07) is 1.46. The first kappa shape index (κ1) is 10.1. The predicted molar refractivity (Wildman–Crippen MR) is 61.6 cm³/mol. The molecule has 0 radical (unpaired) electrons. The molecule has 0 aromatic carbocycles. The number of aromatic nitrogens is 1. The SMILES string of the molecule is CN1CCN(C2CN(c3ncco3)C2)CC1.